The Bertz CT molecular complexity index is 375. The summed E-state index contributed by atoms with van der Waals surface area (Å²) in [7, 11) is 0. The number of carbonyl (C=O) groups is 1. The molecule has 0 bridgehead atoms. The molecule has 4 nitrogen and oxygen atoms in total. The molecule has 1 amide bonds. The maximum atomic E-state index is 12.2. The summed E-state index contributed by atoms with van der Waals surface area (Å²) in [5.74, 6) is 1.64. The molecule has 0 saturated carbocycles. The molecular formula is C14H22N2O2S. The molecule has 19 heavy (non-hydrogen) atoms. The molecule has 0 radical (unpaired) electrons. The summed E-state index contributed by atoms with van der Waals surface area (Å²) in [6, 6.07) is 3.77. The molecule has 1 saturated heterocycles. The highest BCUT2D eigenvalue weighted by Gasteiger charge is 2.18. The van der Waals surface area contributed by atoms with Crippen molar-refractivity contribution in [1.82, 2.24) is 10.2 Å². The summed E-state index contributed by atoms with van der Waals surface area (Å²) in [6.07, 6.45) is 3.99. The second-order valence-corrected chi connectivity index (χ2v) is 6.04. The van der Waals surface area contributed by atoms with Crippen molar-refractivity contribution in [2.75, 3.05) is 25.4 Å². The van der Waals surface area contributed by atoms with Crippen molar-refractivity contribution in [3.63, 3.8) is 0 Å². The van der Waals surface area contributed by atoms with Gasteiger partial charge in [0.25, 0.3) is 0 Å². The number of carbonyl (C=O) groups excluding carboxylic acids is 1. The Hall–Kier alpha value is -0.940. The highest BCUT2D eigenvalue weighted by Crippen LogP contribution is 2.20. The largest absolute Gasteiger partial charge is 0.467 e. The van der Waals surface area contributed by atoms with E-state index in [0.29, 0.717) is 17.5 Å². The van der Waals surface area contributed by atoms with E-state index >= 15 is 0 Å². The summed E-state index contributed by atoms with van der Waals surface area (Å²) in [5, 5.41) is 3.98. The molecular weight excluding hydrogens is 260 g/mol. The van der Waals surface area contributed by atoms with Gasteiger partial charge in [0.1, 0.15) is 5.76 Å². The number of rotatable bonds is 6. The summed E-state index contributed by atoms with van der Waals surface area (Å²) in [4.78, 5) is 14.0. The smallest absolute Gasteiger partial charge is 0.232 e. The van der Waals surface area contributed by atoms with Crippen molar-refractivity contribution in [2.24, 2.45) is 0 Å². The van der Waals surface area contributed by atoms with Gasteiger partial charge in [-0.3, -0.25) is 4.79 Å². The molecule has 1 fully saturated rings. The number of furan rings is 1. The van der Waals surface area contributed by atoms with Crippen LogP contribution in [-0.2, 0) is 11.3 Å². The van der Waals surface area contributed by atoms with E-state index in [-0.39, 0.29) is 5.91 Å². The highest BCUT2D eigenvalue weighted by molar-refractivity contribution is 8.00. The van der Waals surface area contributed by atoms with Crippen LogP contribution < -0.4 is 5.32 Å². The van der Waals surface area contributed by atoms with E-state index in [2.05, 4.69) is 5.32 Å². The fraction of sp³-hybridized carbons (Fsp3) is 0.643. The Labute approximate surface area is 118 Å². The van der Waals surface area contributed by atoms with E-state index in [1.54, 1.807) is 18.0 Å². The van der Waals surface area contributed by atoms with Crippen LogP contribution in [0.2, 0.25) is 0 Å². The van der Waals surface area contributed by atoms with Gasteiger partial charge < -0.3 is 14.6 Å². The van der Waals surface area contributed by atoms with Gasteiger partial charge in [-0.2, -0.15) is 0 Å². The Morgan fingerprint density at radius 1 is 1.53 bits per heavy atom. The number of hydrogen-bond acceptors (Lipinski definition) is 4. The average Bonchev–Trinajstić information content (AvgIpc) is 2.96. The summed E-state index contributed by atoms with van der Waals surface area (Å²) >= 11 is 1.80. The lowest BCUT2D eigenvalue weighted by Crippen LogP contribution is -2.34. The highest BCUT2D eigenvalue weighted by atomic mass is 32.2. The predicted molar refractivity (Wildman–Crippen MR) is 78.1 cm³/mol. The van der Waals surface area contributed by atoms with Crippen LogP contribution in [0.3, 0.4) is 0 Å². The fourth-order valence-corrected chi connectivity index (χ4v) is 3.34. The minimum absolute atomic E-state index is 0.211. The molecule has 1 aliphatic rings. The minimum atomic E-state index is 0.211. The first kappa shape index (κ1) is 14.5. The van der Waals surface area contributed by atoms with Crippen LogP contribution >= 0.6 is 11.8 Å². The topological polar surface area (TPSA) is 45.5 Å². The third-order valence-electron chi connectivity index (χ3n) is 3.39. The zero-order valence-corrected chi connectivity index (χ0v) is 12.2. The van der Waals surface area contributed by atoms with Crippen molar-refractivity contribution in [2.45, 2.75) is 31.6 Å². The van der Waals surface area contributed by atoms with Gasteiger partial charge in [0.05, 0.1) is 18.6 Å². The second-order valence-electron chi connectivity index (χ2n) is 4.75. The monoisotopic (exact) mass is 282 g/mol. The van der Waals surface area contributed by atoms with Gasteiger partial charge in [0.2, 0.25) is 5.91 Å². The van der Waals surface area contributed by atoms with Gasteiger partial charge in [-0.25, -0.2) is 0 Å². The molecule has 0 unspecified atom stereocenters. The molecule has 0 spiro atoms. The van der Waals surface area contributed by atoms with E-state index in [1.165, 1.54) is 12.8 Å². The zero-order chi connectivity index (χ0) is 13.5. The molecule has 0 aromatic carbocycles. The molecule has 2 heterocycles. The van der Waals surface area contributed by atoms with Crippen LogP contribution in [0, 0.1) is 0 Å². The number of nitrogens with one attached hydrogen (secondary N) is 1. The molecule has 1 aromatic heterocycles. The van der Waals surface area contributed by atoms with Crippen molar-refractivity contribution >= 4 is 17.7 Å². The quantitative estimate of drug-likeness (QED) is 0.868. The van der Waals surface area contributed by atoms with Crippen LogP contribution in [0.1, 0.15) is 25.5 Å². The lowest BCUT2D eigenvalue weighted by molar-refractivity contribution is -0.129. The van der Waals surface area contributed by atoms with Crippen LogP contribution in [0.4, 0.5) is 0 Å². The predicted octanol–water partition coefficient (Wildman–Crippen LogP) is 2.11. The van der Waals surface area contributed by atoms with Crippen LogP contribution in [0.15, 0.2) is 22.8 Å². The molecule has 1 aromatic rings. The normalized spacial score (nSPS) is 16.5. The van der Waals surface area contributed by atoms with E-state index in [1.807, 2.05) is 24.0 Å². The fourth-order valence-electron chi connectivity index (χ4n) is 2.21. The maximum absolute atomic E-state index is 12.2. The number of thioether (sulfide) groups is 1. The first-order valence-corrected chi connectivity index (χ1v) is 7.97. The SMILES string of the molecule is CCN(Cc1ccco1)C(=O)CSC1CCNCC1. The van der Waals surface area contributed by atoms with Crippen molar-refractivity contribution in [1.29, 1.82) is 0 Å². The molecule has 106 valence electrons. The van der Waals surface area contributed by atoms with Crippen molar-refractivity contribution in [3.05, 3.63) is 24.2 Å². The Morgan fingerprint density at radius 3 is 2.95 bits per heavy atom. The van der Waals surface area contributed by atoms with Crippen LogP contribution in [0.5, 0.6) is 0 Å². The van der Waals surface area contributed by atoms with Gasteiger partial charge >= 0.3 is 0 Å². The van der Waals surface area contributed by atoms with Crippen LogP contribution in [0.25, 0.3) is 0 Å². The van der Waals surface area contributed by atoms with Gasteiger partial charge in [-0.05, 0) is 45.0 Å². The summed E-state index contributed by atoms with van der Waals surface area (Å²) in [6.45, 7) is 5.48. The average molecular weight is 282 g/mol. The Kier molecular flexibility index (Phi) is 5.79. The molecule has 2 rings (SSSR count). The minimum Gasteiger partial charge on any atom is -0.467 e. The van der Waals surface area contributed by atoms with E-state index in [4.69, 9.17) is 4.42 Å². The van der Waals surface area contributed by atoms with Gasteiger partial charge in [0, 0.05) is 11.8 Å². The summed E-state index contributed by atoms with van der Waals surface area (Å²) in [5.41, 5.74) is 0. The Balaban J connectivity index is 1.76. The number of hydrogen-bond donors (Lipinski definition) is 1. The molecule has 1 N–H and O–H groups in total. The number of nitrogens with zero attached hydrogens (tertiary/aromatic N) is 1. The first-order valence-electron chi connectivity index (χ1n) is 6.92. The molecule has 1 aliphatic heterocycles. The van der Waals surface area contributed by atoms with E-state index < -0.39 is 0 Å². The van der Waals surface area contributed by atoms with Crippen molar-refractivity contribution in [3.8, 4) is 0 Å². The lowest BCUT2D eigenvalue weighted by Gasteiger charge is -2.24. The third-order valence-corrected chi connectivity index (χ3v) is 4.75. The number of amides is 1. The van der Waals surface area contributed by atoms with Crippen LogP contribution in [-0.4, -0.2) is 41.4 Å². The zero-order valence-electron chi connectivity index (χ0n) is 11.4. The number of piperidine rings is 1. The lowest BCUT2D eigenvalue weighted by atomic mass is 10.2. The Morgan fingerprint density at radius 2 is 2.32 bits per heavy atom. The molecule has 5 heteroatoms. The molecule has 0 aliphatic carbocycles. The van der Waals surface area contributed by atoms with E-state index in [9.17, 15) is 4.79 Å². The van der Waals surface area contributed by atoms with Crippen molar-refractivity contribution < 1.29 is 9.21 Å². The van der Waals surface area contributed by atoms with Gasteiger partial charge in [-0.15, -0.1) is 11.8 Å². The van der Waals surface area contributed by atoms with Gasteiger partial charge in [0.15, 0.2) is 0 Å². The second kappa shape index (κ2) is 7.60. The van der Waals surface area contributed by atoms with E-state index in [0.717, 1.165) is 25.4 Å². The third kappa shape index (κ3) is 4.58. The van der Waals surface area contributed by atoms with Gasteiger partial charge in [-0.1, -0.05) is 0 Å². The maximum Gasteiger partial charge on any atom is 0.232 e. The molecule has 0 atom stereocenters. The standard InChI is InChI=1S/C14H22N2O2S/c1-2-16(10-12-4-3-9-18-12)14(17)11-19-13-5-7-15-8-6-13/h3-4,9,13,15H,2,5-8,10-11H2,1H3. The summed E-state index contributed by atoms with van der Waals surface area (Å²) < 4.78 is 5.30. The first-order chi connectivity index (χ1) is 9.29.